The highest BCUT2D eigenvalue weighted by Crippen LogP contribution is 2.19. The summed E-state index contributed by atoms with van der Waals surface area (Å²) in [7, 11) is 0. The molecule has 1 atom stereocenters. The predicted octanol–water partition coefficient (Wildman–Crippen LogP) is 4.71. The van der Waals surface area contributed by atoms with Crippen LogP contribution in [0.15, 0.2) is 24.3 Å². The molecule has 1 rings (SSSR count). The molecule has 0 bridgehead atoms. The number of benzene rings is 1. The smallest absolute Gasteiger partial charge is 0.119 e. The van der Waals surface area contributed by atoms with E-state index in [1.807, 2.05) is 0 Å². The zero-order chi connectivity index (χ0) is 13.9. The van der Waals surface area contributed by atoms with Crippen LogP contribution in [0.3, 0.4) is 0 Å². The second kappa shape index (κ2) is 9.85. The molecule has 0 aromatic heterocycles. The Morgan fingerprint density at radius 1 is 1.11 bits per heavy atom. The molecule has 0 aliphatic heterocycles. The molecule has 0 aliphatic rings. The molecular formula is C17H29NO. The Hall–Kier alpha value is -1.02. The summed E-state index contributed by atoms with van der Waals surface area (Å²) in [6.45, 7) is 8.52. The molecule has 1 aromatic carbocycles. The lowest BCUT2D eigenvalue weighted by atomic mass is 10.1. The van der Waals surface area contributed by atoms with Gasteiger partial charge in [-0.05, 0) is 44.0 Å². The van der Waals surface area contributed by atoms with Gasteiger partial charge in [-0.2, -0.15) is 0 Å². The van der Waals surface area contributed by atoms with Crippen molar-refractivity contribution in [2.24, 2.45) is 0 Å². The van der Waals surface area contributed by atoms with Crippen LogP contribution in [0.4, 0.5) is 0 Å². The van der Waals surface area contributed by atoms with Crippen molar-refractivity contribution < 1.29 is 4.74 Å². The maximum atomic E-state index is 5.82. The molecule has 0 spiro atoms. The Bertz CT molecular complexity index is 338. The molecule has 19 heavy (non-hydrogen) atoms. The fourth-order valence-electron chi connectivity index (χ4n) is 2.07. The molecule has 0 aliphatic carbocycles. The van der Waals surface area contributed by atoms with E-state index >= 15 is 0 Å². The van der Waals surface area contributed by atoms with E-state index in [2.05, 4.69) is 50.4 Å². The molecule has 0 saturated heterocycles. The van der Waals surface area contributed by atoms with E-state index < -0.39 is 0 Å². The zero-order valence-corrected chi connectivity index (χ0v) is 12.7. The second-order valence-electron chi connectivity index (χ2n) is 5.16. The molecule has 108 valence electrons. The van der Waals surface area contributed by atoms with Gasteiger partial charge in [-0.1, -0.05) is 45.2 Å². The number of hydrogen-bond acceptors (Lipinski definition) is 2. The standard InChI is InChI=1S/C17H29NO/c1-4-6-7-8-13-19-17-11-9-10-16(14-17)15(3)18-12-5-2/h9-11,14-15,18H,4-8,12-13H2,1-3H3. The molecule has 0 fully saturated rings. The van der Waals surface area contributed by atoms with E-state index in [0.717, 1.165) is 31.7 Å². The van der Waals surface area contributed by atoms with Gasteiger partial charge in [0.2, 0.25) is 0 Å². The Morgan fingerprint density at radius 3 is 2.68 bits per heavy atom. The van der Waals surface area contributed by atoms with Crippen LogP contribution in [0.1, 0.15) is 64.5 Å². The number of unbranched alkanes of at least 4 members (excludes halogenated alkanes) is 3. The van der Waals surface area contributed by atoms with Gasteiger partial charge in [0, 0.05) is 6.04 Å². The molecule has 2 nitrogen and oxygen atoms in total. The van der Waals surface area contributed by atoms with Gasteiger partial charge in [-0.3, -0.25) is 0 Å². The number of hydrogen-bond donors (Lipinski definition) is 1. The molecule has 1 unspecified atom stereocenters. The van der Waals surface area contributed by atoms with Gasteiger partial charge in [0.15, 0.2) is 0 Å². The highest BCUT2D eigenvalue weighted by Gasteiger charge is 2.05. The monoisotopic (exact) mass is 263 g/mol. The summed E-state index contributed by atoms with van der Waals surface area (Å²) < 4.78 is 5.82. The van der Waals surface area contributed by atoms with Crippen LogP contribution in [0.2, 0.25) is 0 Å². The van der Waals surface area contributed by atoms with E-state index in [-0.39, 0.29) is 0 Å². The third kappa shape index (κ3) is 6.63. The van der Waals surface area contributed by atoms with E-state index in [9.17, 15) is 0 Å². The molecule has 0 heterocycles. The third-order valence-electron chi connectivity index (χ3n) is 3.33. The van der Waals surface area contributed by atoms with Crippen LogP contribution < -0.4 is 10.1 Å². The molecule has 0 radical (unpaired) electrons. The van der Waals surface area contributed by atoms with Gasteiger partial charge in [0.05, 0.1) is 6.61 Å². The largest absolute Gasteiger partial charge is 0.494 e. The minimum Gasteiger partial charge on any atom is -0.494 e. The van der Waals surface area contributed by atoms with E-state index in [1.165, 1.54) is 24.8 Å². The molecule has 1 N–H and O–H groups in total. The summed E-state index contributed by atoms with van der Waals surface area (Å²) in [6, 6.07) is 8.85. The van der Waals surface area contributed by atoms with Crippen molar-refractivity contribution in [2.75, 3.05) is 13.2 Å². The lowest BCUT2D eigenvalue weighted by molar-refractivity contribution is 0.304. The van der Waals surface area contributed by atoms with Crippen LogP contribution >= 0.6 is 0 Å². The number of rotatable bonds is 10. The molecule has 0 saturated carbocycles. The van der Waals surface area contributed by atoms with E-state index in [4.69, 9.17) is 4.74 Å². The molecule has 0 amide bonds. The highest BCUT2D eigenvalue weighted by atomic mass is 16.5. The Balaban J connectivity index is 2.38. The molecule has 2 heteroatoms. The van der Waals surface area contributed by atoms with Crippen LogP contribution in [0, 0.1) is 0 Å². The number of ether oxygens (including phenoxy) is 1. The summed E-state index contributed by atoms with van der Waals surface area (Å²) in [4.78, 5) is 0. The normalized spacial score (nSPS) is 12.4. The Morgan fingerprint density at radius 2 is 1.95 bits per heavy atom. The van der Waals surface area contributed by atoms with Crippen LogP contribution in [0.5, 0.6) is 5.75 Å². The van der Waals surface area contributed by atoms with Gasteiger partial charge in [-0.15, -0.1) is 0 Å². The minimum atomic E-state index is 0.392. The number of nitrogens with one attached hydrogen (secondary N) is 1. The first-order valence-electron chi connectivity index (χ1n) is 7.74. The summed E-state index contributed by atoms with van der Waals surface area (Å²) in [5, 5.41) is 3.50. The van der Waals surface area contributed by atoms with Crippen molar-refractivity contribution in [3.05, 3.63) is 29.8 Å². The third-order valence-corrected chi connectivity index (χ3v) is 3.33. The maximum absolute atomic E-state index is 5.82. The summed E-state index contributed by atoms with van der Waals surface area (Å²) in [6.07, 6.45) is 6.17. The summed E-state index contributed by atoms with van der Waals surface area (Å²) in [5.41, 5.74) is 1.31. The lowest BCUT2D eigenvalue weighted by Crippen LogP contribution is -2.19. The Kier molecular flexibility index (Phi) is 8.31. The SMILES string of the molecule is CCCCCCOc1cccc(C(C)NCCC)c1. The van der Waals surface area contributed by atoms with Gasteiger partial charge < -0.3 is 10.1 Å². The average molecular weight is 263 g/mol. The van der Waals surface area contributed by atoms with Crippen molar-refractivity contribution in [3.8, 4) is 5.75 Å². The summed E-state index contributed by atoms with van der Waals surface area (Å²) >= 11 is 0. The van der Waals surface area contributed by atoms with E-state index in [0.29, 0.717) is 6.04 Å². The first-order valence-corrected chi connectivity index (χ1v) is 7.74. The van der Waals surface area contributed by atoms with Crippen molar-refractivity contribution in [1.82, 2.24) is 5.32 Å². The fraction of sp³-hybridized carbons (Fsp3) is 0.647. The van der Waals surface area contributed by atoms with Gasteiger partial charge in [-0.25, -0.2) is 0 Å². The first-order chi connectivity index (χ1) is 9.27. The van der Waals surface area contributed by atoms with Crippen LogP contribution in [-0.4, -0.2) is 13.2 Å². The fourth-order valence-corrected chi connectivity index (χ4v) is 2.07. The molecule has 1 aromatic rings. The predicted molar refractivity (Wildman–Crippen MR) is 82.8 cm³/mol. The average Bonchev–Trinajstić information content (AvgIpc) is 2.45. The van der Waals surface area contributed by atoms with Gasteiger partial charge in [0.1, 0.15) is 5.75 Å². The highest BCUT2D eigenvalue weighted by molar-refractivity contribution is 5.30. The van der Waals surface area contributed by atoms with Crippen molar-refractivity contribution in [2.45, 2.75) is 58.9 Å². The van der Waals surface area contributed by atoms with Crippen LogP contribution in [-0.2, 0) is 0 Å². The van der Waals surface area contributed by atoms with Crippen molar-refractivity contribution in [1.29, 1.82) is 0 Å². The van der Waals surface area contributed by atoms with E-state index in [1.54, 1.807) is 0 Å². The second-order valence-corrected chi connectivity index (χ2v) is 5.16. The van der Waals surface area contributed by atoms with Crippen molar-refractivity contribution in [3.63, 3.8) is 0 Å². The van der Waals surface area contributed by atoms with Gasteiger partial charge >= 0.3 is 0 Å². The zero-order valence-electron chi connectivity index (χ0n) is 12.7. The maximum Gasteiger partial charge on any atom is 0.119 e. The molecular weight excluding hydrogens is 234 g/mol. The summed E-state index contributed by atoms with van der Waals surface area (Å²) in [5.74, 6) is 0.999. The minimum absolute atomic E-state index is 0.392. The first kappa shape index (κ1) is 16.0. The topological polar surface area (TPSA) is 21.3 Å². The van der Waals surface area contributed by atoms with Crippen molar-refractivity contribution >= 4 is 0 Å². The quantitative estimate of drug-likeness (QED) is 0.617. The lowest BCUT2D eigenvalue weighted by Gasteiger charge is -2.15. The Labute approximate surface area is 118 Å². The van der Waals surface area contributed by atoms with Crippen LogP contribution in [0.25, 0.3) is 0 Å². The van der Waals surface area contributed by atoms with Gasteiger partial charge in [0.25, 0.3) is 0 Å².